The number of aliphatic hydroxyl groups excluding tert-OH is 1. The van der Waals surface area contributed by atoms with E-state index in [1.54, 1.807) is 23.6 Å². The minimum atomic E-state index is -0.924. The van der Waals surface area contributed by atoms with E-state index in [1.165, 1.54) is 0 Å². The van der Waals surface area contributed by atoms with Gasteiger partial charge in [0.05, 0.1) is 35.8 Å². The molecular weight excluding hydrogens is 476 g/mol. The van der Waals surface area contributed by atoms with Gasteiger partial charge < -0.3 is 19.6 Å². The monoisotopic (exact) mass is 518 g/mol. The molecule has 0 aliphatic carbocycles. The summed E-state index contributed by atoms with van der Waals surface area (Å²) in [6, 6.07) is -1.36. The number of hydrogen-bond acceptors (Lipinski definition) is 6. The number of allylic oxidation sites excluding steroid dienone is 1. The lowest BCUT2D eigenvalue weighted by Gasteiger charge is -2.45. The summed E-state index contributed by atoms with van der Waals surface area (Å²) in [4.78, 5) is 45.6. The van der Waals surface area contributed by atoms with Crippen LogP contribution in [0.4, 0.5) is 0 Å². The Morgan fingerprint density at radius 3 is 2.44 bits per heavy atom. The molecule has 1 N–H and O–H groups in total. The predicted octanol–water partition coefficient (Wildman–Crippen LogP) is 3.56. The van der Waals surface area contributed by atoms with Gasteiger partial charge in [-0.05, 0) is 52.4 Å². The van der Waals surface area contributed by atoms with Crippen molar-refractivity contribution in [3.05, 3.63) is 24.3 Å². The van der Waals surface area contributed by atoms with Crippen molar-refractivity contribution < 1.29 is 24.2 Å². The highest BCUT2D eigenvalue weighted by Gasteiger charge is 2.74. The van der Waals surface area contributed by atoms with E-state index in [9.17, 15) is 19.5 Å². The molecule has 0 saturated carbocycles. The first-order chi connectivity index (χ1) is 16.7. The van der Waals surface area contributed by atoms with Crippen LogP contribution in [0, 0.1) is 17.3 Å². The molecule has 4 aliphatic heterocycles. The first-order valence-electron chi connectivity index (χ1n) is 13.2. The highest BCUT2D eigenvalue weighted by Crippen LogP contribution is 2.65. The molecule has 1 spiro atoms. The molecule has 0 aromatic rings. The van der Waals surface area contributed by atoms with Crippen LogP contribution in [-0.2, 0) is 19.1 Å². The Balaban J connectivity index is 1.87. The van der Waals surface area contributed by atoms with Gasteiger partial charge >= 0.3 is 5.97 Å². The fourth-order valence-electron chi connectivity index (χ4n) is 7.07. The zero-order valence-corrected chi connectivity index (χ0v) is 23.6. The molecule has 4 heterocycles. The highest BCUT2D eigenvalue weighted by molar-refractivity contribution is 8.02. The maximum absolute atomic E-state index is 14.5. The summed E-state index contributed by atoms with van der Waals surface area (Å²) < 4.78 is 4.04. The molecule has 2 amide bonds. The van der Waals surface area contributed by atoms with Crippen LogP contribution >= 0.6 is 11.8 Å². The lowest BCUT2D eigenvalue weighted by atomic mass is 9.74. The van der Waals surface area contributed by atoms with Gasteiger partial charge in [0.15, 0.2) is 0 Å². The van der Waals surface area contributed by atoms with E-state index >= 15 is 0 Å². The topological polar surface area (TPSA) is 87.2 Å². The van der Waals surface area contributed by atoms with Crippen LogP contribution in [0.5, 0.6) is 0 Å². The number of fused-ring (bicyclic) bond motifs is 2. The number of cyclic esters (lactones) is 1. The van der Waals surface area contributed by atoms with E-state index in [4.69, 9.17) is 4.74 Å². The largest absolute Gasteiger partial charge is 0.465 e. The smallest absolute Gasteiger partial charge is 0.311 e. The molecular formula is C28H42N2O5S. The quantitative estimate of drug-likeness (QED) is 0.452. The van der Waals surface area contributed by atoms with Crippen molar-refractivity contribution in [3.8, 4) is 0 Å². The molecule has 200 valence electrons. The Morgan fingerprint density at radius 1 is 1.11 bits per heavy atom. The second kappa shape index (κ2) is 9.19. The third kappa shape index (κ3) is 4.32. The fourth-order valence-corrected chi connectivity index (χ4v) is 9.21. The minimum Gasteiger partial charge on any atom is -0.465 e. The van der Waals surface area contributed by atoms with Gasteiger partial charge in [0.25, 0.3) is 0 Å². The Hall–Kier alpha value is -1.80. The summed E-state index contributed by atoms with van der Waals surface area (Å²) in [5, 5.41) is 10.1. The van der Waals surface area contributed by atoms with Crippen LogP contribution in [0.1, 0.15) is 67.7 Å². The Morgan fingerprint density at radius 2 is 1.81 bits per heavy atom. The average Bonchev–Trinajstić information content (AvgIpc) is 3.11. The minimum absolute atomic E-state index is 0.00230. The molecule has 0 bridgehead atoms. The molecule has 1 unspecified atom stereocenters. The molecule has 2 fully saturated rings. The van der Waals surface area contributed by atoms with Gasteiger partial charge in [0.1, 0.15) is 6.04 Å². The lowest BCUT2D eigenvalue weighted by molar-refractivity contribution is -0.154. The zero-order valence-electron chi connectivity index (χ0n) is 22.7. The number of rotatable bonds is 4. The number of hydrogen-bond donors (Lipinski definition) is 1. The molecule has 0 radical (unpaired) electrons. The van der Waals surface area contributed by atoms with Crippen molar-refractivity contribution >= 4 is 29.5 Å². The van der Waals surface area contributed by atoms with Gasteiger partial charge in [-0.25, -0.2) is 0 Å². The van der Waals surface area contributed by atoms with Crippen LogP contribution in [0.25, 0.3) is 0 Å². The summed E-state index contributed by atoms with van der Waals surface area (Å²) in [6.45, 7) is 14.9. The van der Waals surface area contributed by atoms with E-state index in [0.29, 0.717) is 13.2 Å². The van der Waals surface area contributed by atoms with E-state index in [2.05, 4.69) is 46.8 Å². The number of esters is 1. The fraction of sp³-hybridized carbons (Fsp3) is 0.750. The normalized spacial score (nSPS) is 36.8. The number of nitrogens with zero attached hydrogens (tertiary/aromatic N) is 2. The lowest BCUT2D eigenvalue weighted by Crippen LogP contribution is -2.60. The molecule has 6 atom stereocenters. The van der Waals surface area contributed by atoms with Gasteiger partial charge in [0.2, 0.25) is 11.8 Å². The molecule has 4 rings (SSSR count). The van der Waals surface area contributed by atoms with Crippen LogP contribution < -0.4 is 0 Å². The standard InChI is InChI=1S/C28H42N2O5S/c1-18(16-31)30-21-23(33)29(26(5,6)17-25(2,3)4)14-11-13-28(21)19(22(30)32)20-24(34)35-15-10-8-9-12-27(20,7)36-28/h9,11-13,18-21,31H,8,10,14-17H2,1-7H3/b12-9-/t18-,19+,20-,21?,27+,28+/m1/s1. The first-order valence-corrected chi connectivity index (χ1v) is 14.0. The Kier molecular flexibility index (Phi) is 6.95. The maximum Gasteiger partial charge on any atom is 0.311 e. The van der Waals surface area contributed by atoms with Crippen molar-refractivity contribution in [1.29, 1.82) is 0 Å². The summed E-state index contributed by atoms with van der Waals surface area (Å²) in [6.07, 6.45) is 10.5. The number of thioether (sulfide) groups is 1. The highest BCUT2D eigenvalue weighted by atomic mass is 32.2. The molecule has 0 aromatic heterocycles. The number of ether oxygens (including phenoxy) is 1. The summed E-state index contributed by atoms with van der Waals surface area (Å²) in [7, 11) is 0. The second-order valence-electron chi connectivity index (χ2n) is 12.9. The second-order valence-corrected chi connectivity index (χ2v) is 14.7. The van der Waals surface area contributed by atoms with Gasteiger partial charge in [-0.3, -0.25) is 14.4 Å². The van der Waals surface area contributed by atoms with Crippen molar-refractivity contribution in [2.45, 2.75) is 94.8 Å². The number of amides is 2. The van der Waals surface area contributed by atoms with Gasteiger partial charge in [-0.2, -0.15) is 0 Å². The average molecular weight is 519 g/mol. The van der Waals surface area contributed by atoms with Crippen molar-refractivity contribution in [3.63, 3.8) is 0 Å². The molecule has 0 aromatic carbocycles. The third-order valence-electron chi connectivity index (χ3n) is 8.12. The maximum atomic E-state index is 14.5. The van der Waals surface area contributed by atoms with Crippen molar-refractivity contribution in [2.75, 3.05) is 19.8 Å². The Bertz CT molecular complexity index is 985. The van der Waals surface area contributed by atoms with E-state index < -0.39 is 39.0 Å². The molecule has 2 saturated heterocycles. The number of likely N-dealkylation sites (tertiary alicyclic amines) is 1. The summed E-state index contributed by atoms with van der Waals surface area (Å²) >= 11 is 1.55. The van der Waals surface area contributed by atoms with E-state index in [1.807, 2.05) is 24.0 Å². The molecule has 8 heteroatoms. The molecule has 7 nitrogen and oxygen atoms in total. The number of carbonyl (C=O) groups excluding carboxylic acids is 3. The van der Waals surface area contributed by atoms with E-state index in [0.717, 1.165) is 19.3 Å². The van der Waals surface area contributed by atoms with E-state index in [-0.39, 0.29) is 29.8 Å². The van der Waals surface area contributed by atoms with Crippen LogP contribution in [-0.4, -0.2) is 79.6 Å². The Labute approximate surface area is 219 Å². The van der Waals surface area contributed by atoms with Crippen LogP contribution in [0.3, 0.4) is 0 Å². The SMILES string of the molecule is C[C@H](CO)N1C(=O)[C@@H]2[C@@H]3C(=O)OCCC/C=C\[C@]3(C)S[C@@]23C=CCN(C(C)(C)CC(C)(C)C)C(=O)C13. The van der Waals surface area contributed by atoms with Crippen molar-refractivity contribution in [1.82, 2.24) is 9.80 Å². The third-order valence-corrected chi connectivity index (χ3v) is 9.92. The van der Waals surface area contributed by atoms with Crippen molar-refractivity contribution in [2.24, 2.45) is 17.3 Å². The number of carbonyl (C=O) groups is 3. The summed E-state index contributed by atoms with van der Waals surface area (Å²) in [5.74, 6) is -2.20. The zero-order chi connectivity index (χ0) is 26.7. The predicted molar refractivity (Wildman–Crippen MR) is 141 cm³/mol. The molecule has 36 heavy (non-hydrogen) atoms. The van der Waals surface area contributed by atoms with Gasteiger partial charge in [0, 0.05) is 16.8 Å². The van der Waals surface area contributed by atoms with Gasteiger partial charge in [-0.15, -0.1) is 11.8 Å². The van der Waals surface area contributed by atoms with Gasteiger partial charge in [-0.1, -0.05) is 45.1 Å². The molecule has 4 aliphatic rings. The first kappa shape index (κ1) is 27.2. The van der Waals surface area contributed by atoms with Crippen LogP contribution in [0.15, 0.2) is 24.3 Å². The summed E-state index contributed by atoms with van der Waals surface area (Å²) in [5.41, 5.74) is -0.455. The van der Waals surface area contributed by atoms with Crippen LogP contribution in [0.2, 0.25) is 0 Å². The number of aliphatic hydroxyl groups is 1.